The molecule has 3 rings (SSSR count). The first kappa shape index (κ1) is 15.5. The number of carbonyl (C=O) groups excluding carboxylic acids is 1. The number of rotatable bonds is 3. The number of nitrogens with zero attached hydrogens (tertiary/aromatic N) is 4. The third-order valence-corrected chi connectivity index (χ3v) is 4.36. The second kappa shape index (κ2) is 7.23. The molecule has 1 fully saturated rings. The van der Waals surface area contributed by atoms with E-state index in [9.17, 15) is 4.79 Å². The van der Waals surface area contributed by atoms with Gasteiger partial charge in [-0.3, -0.25) is 4.79 Å². The number of piperidine rings is 1. The lowest BCUT2D eigenvalue weighted by Gasteiger charge is -2.35. The first-order valence-corrected chi connectivity index (χ1v) is 8.09. The molecule has 6 nitrogen and oxygen atoms in total. The van der Waals surface area contributed by atoms with Gasteiger partial charge in [-0.15, -0.1) is 0 Å². The van der Waals surface area contributed by atoms with Crippen LogP contribution in [0.3, 0.4) is 0 Å². The fraction of sp³-hybridized carbons (Fsp3) is 0.529. The van der Waals surface area contributed by atoms with E-state index in [4.69, 9.17) is 10.00 Å². The number of amides is 1. The average Bonchev–Trinajstić information content (AvgIpc) is 2.62. The summed E-state index contributed by atoms with van der Waals surface area (Å²) in [5.41, 5.74) is 0.188. The number of hydrogen-bond donors (Lipinski definition) is 0. The molecule has 1 aliphatic heterocycles. The van der Waals surface area contributed by atoms with Crippen molar-refractivity contribution in [1.82, 2.24) is 14.9 Å². The van der Waals surface area contributed by atoms with Crippen LogP contribution in [0.25, 0.3) is 0 Å². The maximum Gasteiger partial charge on any atom is 0.251 e. The van der Waals surface area contributed by atoms with Crippen molar-refractivity contribution in [2.45, 2.75) is 38.2 Å². The number of ether oxygens (including phenoxy) is 1. The van der Waals surface area contributed by atoms with Gasteiger partial charge in [0.2, 0.25) is 11.6 Å². The summed E-state index contributed by atoms with van der Waals surface area (Å²) in [6.07, 6.45) is 11.6. The summed E-state index contributed by atoms with van der Waals surface area (Å²) in [4.78, 5) is 22.6. The van der Waals surface area contributed by atoms with Crippen LogP contribution in [-0.2, 0) is 4.79 Å². The van der Waals surface area contributed by atoms with Crippen molar-refractivity contribution in [3.63, 3.8) is 0 Å². The van der Waals surface area contributed by atoms with Crippen molar-refractivity contribution >= 4 is 5.91 Å². The standard InChI is InChI=1S/C17H20N4O2/c18-11-15-16(20-9-8-19-15)23-14-7-4-10-21(12-14)17(22)13-5-2-1-3-6-13/h1-2,8-9,13-14H,3-7,10,12H2. The second-order valence-electron chi connectivity index (χ2n) is 5.97. The Morgan fingerprint density at radius 3 is 2.96 bits per heavy atom. The Bertz CT molecular complexity index is 638. The summed E-state index contributed by atoms with van der Waals surface area (Å²) in [7, 11) is 0. The van der Waals surface area contributed by atoms with Gasteiger partial charge in [0.1, 0.15) is 12.2 Å². The van der Waals surface area contributed by atoms with E-state index in [1.165, 1.54) is 12.4 Å². The van der Waals surface area contributed by atoms with Crippen molar-refractivity contribution < 1.29 is 9.53 Å². The molecule has 6 heteroatoms. The van der Waals surface area contributed by atoms with Crippen LogP contribution in [0.4, 0.5) is 0 Å². The SMILES string of the molecule is N#Cc1nccnc1OC1CCCN(C(=O)C2CC=CCC2)C1. The molecule has 0 N–H and O–H groups in total. The lowest BCUT2D eigenvalue weighted by molar-refractivity contribution is -0.138. The Morgan fingerprint density at radius 1 is 1.30 bits per heavy atom. The molecule has 2 unspecified atom stereocenters. The maximum atomic E-state index is 12.6. The molecule has 1 aromatic rings. The Balaban J connectivity index is 1.63. The number of likely N-dealkylation sites (tertiary alicyclic amines) is 1. The minimum Gasteiger partial charge on any atom is -0.470 e. The van der Waals surface area contributed by atoms with Crippen molar-refractivity contribution in [1.29, 1.82) is 5.26 Å². The zero-order chi connectivity index (χ0) is 16.1. The molecule has 0 bridgehead atoms. The number of hydrogen-bond acceptors (Lipinski definition) is 5. The first-order valence-electron chi connectivity index (χ1n) is 8.09. The fourth-order valence-electron chi connectivity index (χ4n) is 3.16. The largest absolute Gasteiger partial charge is 0.470 e. The van der Waals surface area contributed by atoms with E-state index in [0.717, 1.165) is 38.6 Å². The molecule has 120 valence electrons. The Hall–Kier alpha value is -2.42. The number of aromatic nitrogens is 2. The molecule has 1 aliphatic carbocycles. The molecule has 0 aromatic carbocycles. The summed E-state index contributed by atoms with van der Waals surface area (Å²) in [5, 5.41) is 9.05. The molecule has 0 radical (unpaired) electrons. The zero-order valence-corrected chi connectivity index (χ0v) is 13.0. The molecule has 1 saturated heterocycles. The van der Waals surface area contributed by atoms with E-state index < -0.39 is 0 Å². The molecule has 2 atom stereocenters. The van der Waals surface area contributed by atoms with Crippen LogP contribution in [-0.4, -0.2) is 40.0 Å². The van der Waals surface area contributed by atoms with Crippen LogP contribution in [0.5, 0.6) is 5.88 Å². The lowest BCUT2D eigenvalue weighted by Crippen LogP contribution is -2.46. The van der Waals surface area contributed by atoms with Gasteiger partial charge in [-0.25, -0.2) is 9.97 Å². The third-order valence-electron chi connectivity index (χ3n) is 4.36. The van der Waals surface area contributed by atoms with Gasteiger partial charge in [0.25, 0.3) is 5.88 Å². The van der Waals surface area contributed by atoms with E-state index in [0.29, 0.717) is 6.54 Å². The highest BCUT2D eigenvalue weighted by Crippen LogP contribution is 2.24. The molecule has 1 amide bonds. The molecule has 23 heavy (non-hydrogen) atoms. The molecule has 2 heterocycles. The number of allylic oxidation sites excluding steroid dienone is 2. The van der Waals surface area contributed by atoms with Crippen molar-refractivity contribution in [3.8, 4) is 11.9 Å². The summed E-state index contributed by atoms with van der Waals surface area (Å²) < 4.78 is 5.84. The van der Waals surface area contributed by atoms with E-state index in [1.807, 2.05) is 11.0 Å². The summed E-state index contributed by atoms with van der Waals surface area (Å²) in [6, 6.07) is 1.98. The van der Waals surface area contributed by atoms with Gasteiger partial charge >= 0.3 is 0 Å². The van der Waals surface area contributed by atoms with E-state index in [-0.39, 0.29) is 29.5 Å². The fourth-order valence-corrected chi connectivity index (χ4v) is 3.16. The predicted molar refractivity (Wildman–Crippen MR) is 83.5 cm³/mol. The topological polar surface area (TPSA) is 79.1 Å². The van der Waals surface area contributed by atoms with Gasteiger partial charge in [-0.05, 0) is 32.1 Å². The van der Waals surface area contributed by atoms with Crippen molar-refractivity contribution in [2.24, 2.45) is 5.92 Å². The normalized spacial score (nSPS) is 24.0. The van der Waals surface area contributed by atoms with Crippen LogP contribution < -0.4 is 4.74 Å². The van der Waals surface area contributed by atoms with E-state index in [1.54, 1.807) is 0 Å². The van der Waals surface area contributed by atoms with Gasteiger partial charge in [0.15, 0.2) is 0 Å². The molecule has 1 aromatic heterocycles. The summed E-state index contributed by atoms with van der Waals surface area (Å²) in [5.74, 6) is 0.585. The Morgan fingerprint density at radius 2 is 2.17 bits per heavy atom. The second-order valence-corrected chi connectivity index (χ2v) is 5.97. The van der Waals surface area contributed by atoms with Crippen molar-refractivity contribution in [3.05, 3.63) is 30.2 Å². The molecule has 2 aliphatic rings. The quantitative estimate of drug-likeness (QED) is 0.798. The van der Waals surface area contributed by atoms with Crippen LogP contribution in [0.2, 0.25) is 0 Å². The van der Waals surface area contributed by atoms with Gasteiger partial charge in [-0.1, -0.05) is 12.2 Å². The van der Waals surface area contributed by atoms with E-state index >= 15 is 0 Å². The van der Waals surface area contributed by atoms with Gasteiger partial charge in [0, 0.05) is 24.9 Å². The lowest BCUT2D eigenvalue weighted by atomic mass is 9.92. The minimum atomic E-state index is -0.129. The van der Waals surface area contributed by atoms with Gasteiger partial charge < -0.3 is 9.64 Å². The minimum absolute atomic E-state index is 0.102. The highest BCUT2D eigenvalue weighted by atomic mass is 16.5. The molecule has 0 spiro atoms. The third kappa shape index (κ3) is 3.67. The Labute approximate surface area is 135 Å². The maximum absolute atomic E-state index is 12.6. The molecular weight excluding hydrogens is 292 g/mol. The zero-order valence-electron chi connectivity index (χ0n) is 13.0. The Kier molecular flexibility index (Phi) is 4.86. The van der Waals surface area contributed by atoms with Crippen LogP contribution in [0.15, 0.2) is 24.5 Å². The first-order chi connectivity index (χ1) is 11.3. The number of carbonyl (C=O) groups is 1. The van der Waals surface area contributed by atoms with Gasteiger partial charge in [0.05, 0.1) is 6.54 Å². The van der Waals surface area contributed by atoms with Crippen LogP contribution >= 0.6 is 0 Å². The summed E-state index contributed by atoms with van der Waals surface area (Å²) in [6.45, 7) is 1.34. The average molecular weight is 312 g/mol. The molecular formula is C17H20N4O2. The van der Waals surface area contributed by atoms with Gasteiger partial charge in [-0.2, -0.15) is 5.26 Å². The van der Waals surface area contributed by atoms with Crippen LogP contribution in [0.1, 0.15) is 37.8 Å². The van der Waals surface area contributed by atoms with Crippen LogP contribution in [0, 0.1) is 17.2 Å². The van der Waals surface area contributed by atoms with Crippen molar-refractivity contribution in [2.75, 3.05) is 13.1 Å². The predicted octanol–water partition coefficient (Wildman–Crippen LogP) is 2.07. The highest BCUT2D eigenvalue weighted by Gasteiger charge is 2.30. The number of nitriles is 1. The monoisotopic (exact) mass is 312 g/mol. The van der Waals surface area contributed by atoms with E-state index in [2.05, 4.69) is 22.1 Å². The highest BCUT2D eigenvalue weighted by molar-refractivity contribution is 5.79. The molecule has 0 saturated carbocycles. The smallest absolute Gasteiger partial charge is 0.251 e. The summed E-state index contributed by atoms with van der Waals surface area (Å²) >= 11 is 0.